The summed E-state index contributed by atoms with van der Waals surface area (Å²) in [6.45, 7) is 0. The fraction of sp³-hybridized carbons (Fsp3) is 0. The smallest absolute Gasteiger partial charge is 0.165 e. The van der Waals surface area contributed by atoms with Crippen LogP contribution < -0.4 is 0 Å². The van der Waals surface area contributed by atoms with Gasteiger partial charge in [0, 0.05) is 53.3 Å². The van der Waals surface area contributed by atoms with E-state index in [1.807, 2.05) is 29.5 Å². The van der Waals surface area contributed by atoms with Crippen LogP contribution in [-0.4, -0.2) is 19.5 Å². The maximum atomic E-state index is 5.57. The van der Waals surface area contributed by atoms with E-state index in [4.69, 9.17) is 15.0 Å². The van der Waals surface area contributed by atoms with Gasteiger partial charge in [-0.1, -0.05) is 164 Å². The van der Waals surface area contributed by atoms with Crippen molar-refractivity contribution < 1.29 is 0 Å². The Balaban J connectivity index is 1.11. The predicted octanol–water partition coefficient (Wildman–Crippen LogP) is 16.6. The molecular weight excluding hydrogens is 821 g/mol. The summed E-state index contributed by atoms with van der Waals surface area (Å²) in [5.74, 6) is 1.88. The number of hydrogen-bond donors (Lipinski definition) is 0. The van der Waals surface area contributed by atoms with Crippen LogP contribution in [-0.2, 0) is 0 Å². The van der Waals surface area contributed by atoms with Crippen LogP contribution in [0.4, 0.5) is 0 Å². The van der Waals surface area contributed by atoms with Crippen LogP contribution in [0.2, 0.25) is 0 Å². The summed E-state index contributed by atoms with van der Waals surface area (Å²) in [5, 5.41) is 14.3. The average Bonchev–Trinajstić information content (AvgIpc) is 3.93. The standard InChI is InChI=1S/C61H36N4S/c1-2-16-38(17-3-1)59-62-60(64-61(63-59)56-45-23-10-7-20-41(45)33-42-21-8-11-24-46(42)56)49-31-30-43(65-52-27-13-12-25-47(52)51-34-39-18-4-5-19-40(39)35-53(51)65)36-50(49)48-26-14-28-54-58(48)57-44-22-9-6-15-37(44)29-32-55(57)66-54/h1-36H. The second-order valence-electron chi connectivity index (χ2n) is 17.1. The van der Waals surface area contributed by atoms with E-state index in [1.165, 1.54) is 52.5 Å². The van der Waals surface area contributed by atoms with Gasteiger partial charge in [0.05, 0.1) is 11.0 Å². The lowest BCUT2D eigenvalue weighted by Crippen LogP contribution is -2.03. The summed E-state index contributed by atoms with van der Waals surface area (Å²) in [6, 6.07) is 78.7. The third-order valence-electron chi connectivity index (χ3n) is 13.4. The van der Waals surface area contributed by atoms with Crippen LogP contribution in [0.25, 0.3) is 136 Å². The molecule has 3 heterocycles. The van der Waals surface area contributed by atoms with E-state index < -0.39 is 0 Å². The van der Waals surface area contributed by atoms with Crippen LogP contribution in [0.3, 0.4) is 0 Å². The molecule has 11 aromatic carbocycles. The minimum atomic E-state index is 0.618. The normalized spacial score (nSPS) is 11.9. The molecule has 3 aromatic heterocycles. The molecule has 14 aromatic rings. The number of aromatic nitrogens is 4. The second kappa shape index (κ2) is 14.5. The first-order valence-electron chi connectivity index (χ1n) is 22.3. The predicted molar refractivity (Wildman–Crippen MR) is 279 cm³/mol. The zero-order valence-corrected chi connectivity index (χ0v) is 36.3. The van der Waals surface area contributed by atoms with Gasteiger partial charge in [-0.25, -0.2) is 15.0 Å². The SMILES string of the molecule is c1ccc(-c2nc(-c3ccc(-n4c5ccccc5c5cc6ccccc6cc54)cc3-c3cccc4sc5ccc6ccccc6c5c34)nc(-c3c4ccccc4cc4ccccc34)n2)cc1. The van der Waals surface area contributed by atoms with Gasteiger partial charge in [0.2, 0.25) is 0 Å². The first-order chi connectivity index (χ1) is 32.7. The van der Waals surface area contributed by atoms with Crippen molar-refractivity contribution in [3.8, 4) is 51.0 Å². The quantitative estimate of drug-likeness (QED) is 0.162. The van der Waals surface area contributed by atoms with E-state index in [-0.39, 0.29) is 0 Å². The fourth-order valence-electron chi connectivity index (χ4n) is 10.4. The van der Waals surface area contributed by atoms with E-state index in [0.29, 0.717) is 17.5 Å². The minimum Gasteiger partial charge on any atom is -0.309 e. The molecule has 0 radical (unpaired) electrons. The maximum Gasteiger partial charge on any atom is 0.165 e. The third-order valence-corrected chi connectivity index (χ3v) is 14.5. The van der Waals surface area contributed by atoms with Crippen molar-refractivity contribution in [3.63, 3.8) is 0 Å². The maximum absolute atomic E-state index is 5.57. The number of fused-ring (bicyclic) bond motifs is 11. The molecule has 306 valence electrons. The van der Waals surface area contributed by atoms with Gasteiger partial charge in [-0.3, -0.25) is 0 Å². The topological polar surface area (TPSA) is 43.6 Å². The Hall–Kier alpha value is -8.51. The summed E-state index contributed by atoms with van der Waals surface area (Å²) in [4.78, 5) is 16.3. The van der Waals surface area contributed by atoms with Crippen molar-refractivity contribution in [2.45, 2.75) is 0 Å². The van der Waals surface area contributed by atoms with E-state index in [9.17, 15) is 0 Å². The van der Waals surface area contributed by atoms with E-state index in [1.54, 1.807) is 0 Å². The Labute approximate surface area is 383 Å². The van der Waals surface area contributed by atoms with Gasteiger partial charge in [-0.15, -0.1) is 11.3 Å². The summed E-state index contributed by atoms with van der Waals surface area (Å²) < 4.78 is 4.93. The monoisotopic (exact) mass is 856 g/mol. The van der Waals surface area contributed by atoms with Gasteiger partial charge >= 0.3 is 0 Å². The van der Waals surface area contributed by atoms with Crippen molar-refractivity contribution in [1.29, 1.82) is 0 Å². The summed E-state index contributed by atoms with van der Waals surface area (Å²) in [7, 11) is 0. The molecule has 0 saturated carbocycles. The molecule has 0 fully saturated rings. The number of para-hydroxylation sites is 1. The molecule has 14 rings (SSSR count). The first-order valence-corrected chi connectivity index (χ1v) is 23.2. The Morgan fingerprint density at radius 2 is 0.939 bits per heavy atom. The Bertz CT molecular complexity index is 4240. The average molecular weight is 857 g/mol. The molecule has 0 unspecified atom stereocenters. The zero-order chi connectivity index (χ0) is 43.3. The van der Waals surface area contributed by atoms with Gasteiger partial charge in [0.25, 0.3) is 0 Å². The zero-order valence-electron chi connectivity index (χ0n) is 35.5. The van der Waals surface area contributed by atoms with Gasteiger partial charge in [0.15, 0.2) is 17.5 Å². The molecule has 0 atom stereocenters. The van der Waals surface area contributed by atoms with E-state index in [2.05, 4.69) is 205 Å². The highest BCUT2D eigenvalue weighted by Gasteiger charge is 2.23. The summed E-state index contributed by atoms with van der Waals surface area (Å²) >= 11 is 1.85. The van der Waals surface area contributed by atoms with Gasteiger partial charge in [-0.05, 0) is 109 Å². The fourth-order valence-corrected chi connectivity index (χ4v) is 11.6. The summed E-state index contributed by atoms with van der Waals surface area (Å²) in [5.41, 5.74) is 8.43. The summed E-state index contributed by atoms with van der Waals surface area (Å²) in [6.07, 6.45) is 0. The molecule has 0 aliphatic carbocycles. The molecule has 0 aliphatic rings. The number of nitrogens with zero attached hydrogens (tertiary/aromatic N) is 4. The minimum absolute atomic E-state index is 0.618. The molecule has 0 bridgehead atoms. The number of hydrogen-bond acceptors (Lipinski definition) is 4. The van der Waals surface area contributed by atoms with Crippen molar-refractivity contribution in [3.05, 3.63) is 218 Å². The van der Waals surface area contributed by atoms with Crippen LogP contribution in [0, 0.1) is 0 Å². The van der Waals surface area contributed by atoms with Crippen molar-refractivity contribution in [2.75, 3.05) is 0 Å². The van der Waals surface area contributed by atoms with Gasteiger partial charge in [-0.2, -0.15) is 0 Å². The van der Waals surface area contributed by atoms with Crippen LogP contribution in [0.5, 0.6) is 0 Å². The Morgan fingerprint density at radius 1 is 0.318 bits per heavy atom. The van der Waals surface area contributed by atoms with Crippen molar-refractivity contribution >= 4 is 96.4 Å². The highest BCUT2D eigenvalue weighted by molar-refractivity contribution is 7.26. The van der Waals surface area contributed by atoms with Crippen molar-refractivity contribution in [2.24, 2.45) is 0 Å². The van der Waals surface area contributed by atoms with E-state index in [0.717, 1.165) is 66.1 Å². The molecule has 5 heteroatoms. The van der Waals surface area contributed by atoms with Crippen LogP contribution >= 0.6 is 11.3 Å². The van der Waals surface area contributed by atoms with Crippen LogP contribution in [0.15, 0.2) is 218 Å². The number of rotatable bonds is 5. The van der Waals surface area contributed by atoms with Crippen molar-refractivity contribution in [1.82, 2.24) is 19.5 Å². The number of thiophene rings is 1. The van der Waals surface area contributed by atoms with E-state index >= 15 is 0 Å². The highest BCUT2D eigenvalue weighted by Crippen LogP contribution is 2.47. The first kappa shape index (κ1) is 36.9. The number of benzene rings is 11. The Morgan fingerprint density at radius 3 is 1.73 bits per heavy atom. The lowest BCUT2D eigenvalue weighted by molar-refractivity contribution is 1.08. The second-order valence-corrected chi connectivity index (χ2v) is 18.2. The molecule has 4 nitrogen and oxygen atoms in total. The molecule has 0 saturated heterocycles. The largest absolute Gasteiger partial charge is 0.309 e. The van der Waals surface area contributed by atoms with Gasteiger partial charge < -0.3 is 4.57 Å². The lowest BCUT2D eigenvalue weighted by atomic mass is 9.92. The van der Waals surface area contributed by atoms with Crippen LogP contribution in [0.1, 0.15) is 0 Å². The molecule has 0 amide bonds. The molecule has 0 N–H and O–H groups in total. The highest BCUT2D eigenvalue weighted by atomic mass is 32.1. The third kappa shape index (κ3) is 5.67. The molecule has 0 aliphatic heterocycles. The molecular formula is C61H36N4S. The Kier molecular flexibility index (Phi) is 8.12. The lowest BCUT2D eigenvalue weighted by Gasteiger charge is -2.17. The van der Waals surface area contributed by atoms with Gasteiger partial charge in [0.1, 0.15) is 0 Å². The molecule has 0 spiro atoms. The molecule has 66 heavy (non-hydrogen) atoms.